The highest BCUT2D eigenvalue weighted by Crippen LogP contribution is 2.38. The lowest BCUT2D eigenvalue weighted by atomic mass is 10.2. The summed E-state index contributed by atoms with van der Waals surface area (Å²) in [6.07, 6.45) is 3.76. The van der Waals surface area contributed by atoms with E-state index < -0.39 is 11.8 Å². The summed E-state index contributed by atoms with van der Waals surface area (Å²) < 4.78 is 22.1. The first-order valence-corrected chi connectivity index (χ1v) is 16.1. The predicted octanol–water partition coefficient (Wildman–Crippen LogP) is 3.56. The molecule has 4 aliphatic heterocycles. The zero-order valence-corrected chi connectivity index (χ0v) is 26.6. The van der Waals surface area contributed by atoms with Gasteiger partial charge < -0.3 is 18.9 Å². The Hall–Kier alpha value is -4.12. The number of thioether (sulfide) groups is 2. The van der Waals surface area contributed by atoms with Crippen LogP contribution in [0.25, 0.3) is 12.2 Å². The molecule has 4 heterocycles. The third kappa shape index (κ3) is 7.08. The van der Waals surface area contributed by atoms with Gasteiger partial charge in [0.25, 0.3) is 11.8 Å². The van der Waals surface area contributed by atoms with Gasteiger partial charge in [0.1, 0.15) is 8.64 Å². The Kier molecular flexibility index (Phi) is 9.25. The maximum atomic E-state index is 12.9. The second-order valence-electron chi connectivity index (χ2n) is 9.84. The van der Waals surface area contributed by atoms with E-state index in [0.717, 1.165) is 22.9 Å². The van der Waals surface area contributed by atoms with E-state index in [1.807, 2.05) is 12.1 Å². The average molecular weight is 685 g/mol. The normalized spacial score (nSPS) is 18.5. The maximum Gasteiger partial charge on any atom is 0.266 e. The van der Waals surface area contributed by atoms with Crippen LogP contribution in [0.2, 0.25) is 0 Å². The highest BCUT2D eigenvalue weighted by atomic mass is 32.2. The standard InChI is InChI=1S/C29H24N4O8S4/c34-24(2-1-8-32-26(36)22(44-28(32)42)12-16-3-5-18-20(10-16)40-14-38-18)30-31-25(35)7-9-33-27(37)23(45-29(33)43)13-17-4-6-19-21(11-17)41-15-39-19/h3-6,10-13H,1-2,7-9,14-15H2,(H,30,34)(H,31,35). The Morgan fingerprint density at radius 2 is 1.18 bits per heavy atom. The van der Waals surface area contributed by atoms with Gasteiger partial charge >= 0.3 is 0 Å². The van der Waals surface area contributed by atoms with Crippen molar-refractivity contribution >= 4 is 92.4 Å². The molecule has 0 saturated carbocycles. The number of nitrogens with zero attached hydrogens (tertiary/aromatic N) is 2. The molecule has 2 fully saturated rings. The van der Waals surface area contributed by atoms with E-state index >= 15 is 0 Å². The van der Waals surface area contributed by atoms with Crippen molar-refractivity contribution in [2.45, 2.75) is 19.3 Å². The fourth-order valence-electron chi connectivity index (χ4n) is 4.57. The molecule has 2 N–H and O–H groups in total. The number of amides is 4. The molecule has 0 aromatic heterocycles. The SMILES string of the molecule is O=C(CCCN1C(=O)C(=Cc2ccc3c(c2)OCO3)SC1=S)NNC(=O)CCN1C(=O)C(=Cc2ccc3c(c2)OCO3)SC1=S. The first-order chi connectivity index (χ1) is 21.7. The van der Waals surface area contributed by atoms with Gasteiger partial charge in [-0.3, -0.25) is 39.8 Å². The van der Waals surface area contributed by atoms with Crippen LogP contribution in [0.15, 0.2) is 46.2 Å². The van der Waals surface area contributed by atoms with Crippen molar-refractivity contribution in [3.63, 3.8) is 0 Å². The number of hydrazine groups is 1. The molecule has 0 bridgehead atoms. The topological polar surface area (TPSA) is 136 Å². The molecular weight excluding hydrogens is 661 g/mol. The Balaban J connectivity index is 0.913. The van der Waals surface area contributed by atoms with Gasteiger partial charge in [-0.1, -0.05) is 60.1 Å². The van der Waals surface area contributed by atoms with E-state index in [-0.39, 0.29) is 51.3 Å². The summed E-state index contributed by atoms with van der Waals surface area (Å²) in [5, 5.41) is 0. The number of carbonyl (C=O) groups excluding carboxylic acids is 4. The summed E-state index contributed by atoms with van der Waals surface area (Å²) in [5.41, 5.74) is 6.25. The van der Waals surface area contributed by atoms with Crippen LogP contribution in [-0.2, 0) is 19.2 Å². The molecule has 16 heteroatoms. The number of thiocarbonyl (C=S) groups is 2. The van der Waals surface area contributed by atoms with Gasteiger partial charge in [-0.25, -0.2) is 0 Å². The van der Waals surface area contributed by atoms with Crippen molar-refractivity contribution in [1.82, 2.24) is 20.7 Å². The number of rotatable bonds is 9. The van der Waals surface area contributed by atoms with E-state index in [1.165, 1.54) is 21.6 Å². The summed E-state index contributed by atoms with van der Waals surface area (Å²) in [6.45, 7) is 0.618. The fraction of sp³-hybridized carbons (Fsp3) is 0.241. The van der Waals surface area contributed by atoms with Crippen LogP contribution in [0.4, 0.5) is 0 Å². The summed E-state index contributed by atoms with van der Waals surface area (Å²) in [4.78, 5) is 54.2. The minimum Gasteiger partial charge on any atom is -0.454 e. The first-order valence-electron chi connectivity index (χ1n) is 13.6. The van der Waals surface area contributed by atoms with E-state index in [9.17, 15) is 19.2 Å². The second kappa shape index (κ2) is 13.5. The third-order valence-corrected chi connectivity index (χ3v) is 9.58. The van der Waals surface area contributed by atoms with E-state index in [2.05, 4.69) is 10.9 Å². The third-order valence-electron chi connectivity index (χ3n) is 6.83. The molecule has 12 nitrogen and oxygen atoms in total. The molecule has 0 radical (unpaired) electrons. The van der Waals surface area contributed by atoms with E-state index in [4.69, 9.17) is 43.4 Å². The van der Waals surface area contributed by atoms with Crippen molar-refractivity contribution in [2.24, 2.45) is 0 Å². The van der Waals surface area contributed by atoms with Crippen molar-refractivity contribution in [2.75, 3.05) is 26.7 Å². The van der Waals surface area contributed by atoms with E-state index in [1.54, 1.807) is 36.4 Å². The van der Waals surface area contributed by atoms with Crippen LogP contribution >= 0.6 is 48.0 Å². The fourth-order valence-corrected chi connectivity index (χ4v) is 7.19. The van der Waals surface area contributed by atoms with Gasteiger partial charge in [0, 0.05) is 25.9 Å². The minimum atomic E-state index is -0.484. The first kappa shape index (κ1) is 30.9. The van der Waals surface area contributed by atoms with Gasteiger partial charge in [0.15, 0.2) is 23.0 Å². The molecule has 2 saturated heterocycles. The summed E-state index contributed by atoms with van der Waals surface area (Å²) in [7, 11) is 0. The molecular formula is C29H24N4O8S4. The lowest BCUT2D eigenvalue weighted by molar-refractivity contribution is -0.129. The number of benzene rings is 2. The summed E-state index contributed by atoms with van der Waals surface area (Å²) in [6, 6.07) is 10.8. The minimum absolute atomic E-state index is 0.0535. The van der Waals surface area contributed by atoms with Crippen LogP contribution in [0.3, 0.4) is 0 Å². The quantitative estimate of drug-likeness (QED) is 0.227. The largest absolute Gasteiger partial charge is 0.454 e. The molecule has 6 rings (SSSR count). The van der Waals surface area contributed by atoms with Crippen molar-refractivity contribution in [3.8, 4) is 23.0 Å². The molecule has 0 atom stereocenters. The van der Waals surface area contributed by atoms with Crippen molar-refractivity contribution in [1.29, 1.82) is 0 Å². The average Bonchev–Trinajstić information content (AvgIpc) is 3.79. The van der Waals surface area contributed by atoms with Crippen LogP contribution in [0.5, 0.6) is 23.0 Å². The summed E-state index contributed by atoms with van der Waals surface area (Å²) >= 11 is 13.1. The van der Waals surface area contributed by atoms with Gasteiger partial charge in [0.05, 0.1) is 9.81 Å². The zero-order valence-electron chi connectivity index (χ0n) is 23.4. The highest BCUT2D eigenvalue weighted by molar-refractivity contribution is 8.27. The van der Waals surface area contributed by atoms with Gasteiger partial charge in [-0.15, -0.1) is 0 Å². The lowest BCUT2D eigenvalue weighted by Gasteiger charge is -2.15. The number of fused-ring (bicyclic) bond motifs is 2. The monoisotopic (exact) mass is 684 g/mol. The zero-order chi connectivity index (χ0) is 31.5. The van der Waals surface area contributed by atoms with Crippen LogP contribution in [0, 0.1) is 0 Å². The Morgan fingerprint density at radius 1 is 0.711 bits per heavy atom. The molecule has 2 aromatic carbocycles. The molecule has 4 aliphatic rings. The molecule has 0 aliphatic carbocycles. The number of ether oxygens (including phenoxy) is 4. The molecule has 45 heavy (non-hydrogen) atoms. The molecule has 0 spiro atoms. The van der Waals surface area contributed by atoms with Gasteiger partial charge in [-0.05, 0) is 54.0 Å². The Morgan fingerprint density at radius 3 is 1.71 bits per heavy atom. The molecule has 4 amide bonds. The van der Waals surface area contributed by atoms with Crippen LogP contribution < -0.4 is 29.8 Å². The van der Waals surface area contributed by atoms with Gasteiger partial charge in [-0.2, -0.15) is 0 Å². The number of carbonyl (C=O) groups is 4. The number of hydrogen-bond acceptors (Lipinski definition) is 12. The van der Waals surface area contributed by atoms with Gasteiger partial charge in [0.2, 0.25) is 25.4 Å². The number of nitrogens with one attached hydrogen (secondary N) is 2. The Labute approximate surface area is 276 Å². The molecule has 232 valence electrons. The van der Waals surface area contributed by atoms with E-state index in [0.29, 0.717) is 47.9 Å². The Bertz CT molecular complexity index is 1690. The molecule has 0 unspecified atom stereocenters. The predicted molar refractivity (Wildman–Crippen MR) is 175 cm³/mol. The summed E-state index contributed by atoms with van der Waals surface area (Å²) in [5.74, 6) is 1.06. The lowest BCUT2D eigenvalue weighted by Crippen LogP contribution is -2.43. The molecule has 2 aromatic rings. The second-order valence-corrected chi connectivity index (χ2v) is 13.2. The number of hydrogen-bond donors (Lipinski definition) is 2. The van der Waals surface area contributed by atoms with Crippen molar-refractivity contribution < 1.29 is 38.1 Å². The van der Waals surface area contributed by atoms with Crippen molar-refractivity contribution in [3.05, 3.63) is 57.3 Å². The smallest absolute Gasteiger partial charge is 0.266 e. The van der Waals surface area contributed by atoms with Crippen LogP contribution in [0.1, 0.15) is 30.4 Å². The van der Waals surface area contributed by atoms with Crippen LogP contribution in [-0.4, -0.2) is 68.7 Å². The highest BCUT2D eigenvalue weighted by Gasteiger charge is 2.33. The maximum absolute atomic E-state index is 12.9.